The van der Waals surface area contributed by atoms with Gasteiger partial charge in [-0.25, -0.2) is 4.39 Å². The lowest BCUT2D eigenvalue weighted by atomic mass is 10.0. The molecule has 12 heavy (non-hydrogen) atoms. The molecular formula is C10H12FN. The van der Waals surface area contributed by atoms with Crippen LogP contribution >= 0.6 is 0 Å². The van der Waals surface area contributed by atoms with E-state index in [0.717, 1.165) is 11.1 Å². The molecule has 64 valence electrons. The van der Waals surface area contributed by atoms with E-state index in [1.807, 2.05) is 31.2 Å². The van der Waals surface area contributed by atoms with Crippen molar-refractivity contribution in [2.24, 2.45) is 5.73 Å². The average Bonchev–Trinajstić information content (AvgIpc) is 2.61. The van der Waals surface area contributed by atoms with Crippen molar-refractivity contribution in [1.29, 1.82) is 0 Å². The van der Waals surface area contributed by atoms with Gasteiger partial charge in [0.05, 0.1) is 0 Å². The maximum absolute atomic E-state index is 13.8. The summed E-state index contributed by atoms with van der Waals surface area (Å²) in [5.74, 6) is 0. The number of hydrogen-bond acceptors (Lipinski definition) is 1. The number of halogens is 1. The first kappa shape index (κ1) is 7.74. The molecule has 0 aromatic heterocycles. The summed E-state index contributed by atoms with van der Waals surface area (Å²) >= 11 is 0. The second-order valence-electron chi connectivity index (χ2n) is 3.49. The summed E-state index contributed by atoms with van der Waals surface area (Å²) in [6.07, 6.45) is 0.470. The molecule has 0 aliphatic heterocycles. The molecule has 2 atom stereocenters. The molecule has 1 fully saturated rings. The fraction of sp³-hybridized carbons (Fsp3) is 0.400. The summed E-state index contributed by atoms with van der Waals surface area (Å²) in [7, 11) is 0. The molecule has 2 N–H and O–H groups in total. The van der Waals surface area contributed by atoms with Crippen molar-refractivity contribution < 1.29 is 4.39 Å². The Kier molecular flexibility index (Phi) is 1.48. The molecule has 1 saturated carbocycles. The van der Waals surface area contributed by atoms with Crippen LogP contribution in [0.4, 0.5) is 4.39 Å². The molecular weight excluding hydrogens is 153 g/mol. The highest BCUT2D eigenvalue weighted by Crippen LogP contribution is 2.49. The van der Waals surface area contributed by atoms with Gasteiger partial charge in [-0.3, -0.25) is 0 Å². The van der Waals surface area contributed by atoms with Gasteiger partial charge in [0.2, 0.25) is 0 Å². The normalized spacial score (nSPS) is 33.4. The Labute approximate surface area is 71.4 Å². The Morgan fingerprint density at radius 1 is 1.50 bits per heavy atom. The summed E-state index contributed by atoms with van der Waals surface area (Å²) in [5, 5.41) is 0. The summed E-state index contributed by atoms with van der Waals surface area (Å²) in [6.45, 7) is 1.92. The Hall–Kier alpha value is -0.890. The molecule has 0 heterocycles. The number of aryl methyl sites for hydroxylation is 1. The van der Waals surface area contributed by atoms with E-state index in [0.29, 0.717) is 6.42 Å². The maximum Gasteiger partial charge on any atom is 0.152 e. The first-order valence-electron chi connectivity index (χ1n) is 4.15. The average molecular weight is 165 g/mol. The Bertz CT molecular complexity index is 310. The van der Waals surface area contributed by atoms with E-state index in [2.05, 4.69) is 0 Å². The van der Waals surface area contributed by atoms with E-state index in [4.69, 9.17) is 5.73 Å². The van der Waals surface area contributed by atoms with Crippen molar-refractivity contribution in [2.45, 2.75) is 25.1 Å². The molecule has 0 spiro atoms. The van der Waals surface area contributed by atoms with Crippen molar-refractivity contribution in [3.8, 4) is 0 Å². The topological polar surface area (TPSA) is 26.0 Å². The minimum Gasteiger partial charge on any atom is -0.325 e. The van der Waals surface area contributed by atoms with Crippen molar-refractivity contribution in [3.63, 3.8) is 0 Å². The minimum atomic E-state index is -1.23. The SMILES string of the molecule is Cc1ccccc1[C@@]1(F)C[C@@H]1N. The van der Waals surface area contributed by atoms with Crippen LogP contribution in [0.1, 0.15) is 17.5 Å². The zero-order chi connectivity index (χ0) is 8.77. The summed E-state index contributed by atoms with van der Waals surface area (Å²) in [5.41, 5.74) is 6.05. The van der Waals surface area contributed by atoms with Crippen LogP contribution in [-0.2, 0) is 5.67 Å². The standard InChI is InChI=1S/C10H12FN/c1-7-4-2-3-5-8(7)10(11)6-9(10)12/h2-5,9H,6,12H2,1H3/t9-,10-/m0/s1. The van der Waals surface area contributed by atoms with Crippen LogP contribution < -0.4 is 5.73 Å². The molecule has 1 aromatic carbocycles. The summed E-state index contributed by atoms with van der Waals surface area (Å²) in [6, 6.07) is 7.22. The quantitative estimate of drug-likeness (QED) is 0.675. The molecule has 1 aromatic rings. The lowest BCUT2D eigenvalue weighted by Gasteiger charge is -2.09. The Morgan fingerprint density at radius 2 is 2.08 bits per heavy atom. The van der Waals surface area contributed by atoms with E-state index in [9.17, 15) is 4.39 Å². The highest BCUT2D eigenvalue weighted by molar-refractivity contribution is 5.38. The van der Waals surface area contributed by atoms with Crippen LogP contribution in [0.3, 0.4) is 0 Å². The third-order valence-corrected chi connectivity index (χ3v) is 2.54. The van der Waals surface area contributed by atoms with Crippen molar-refractivity contribution in [2.75, 3.05) is 0 Å². The van der Waals surface area contributed by atoms with Gasteiger partial charge in [-0.2, -0.15) is 0 Å². The largest absolute Gasteiger partial charge is 0.325 e. The van der Waals surface area contributed by atoms with Crippen molar-refractivity contribution in [3.05, 3.63) is 35.4 Å². The fourth-order valence-electron chi connectivity index (χ4n) is 1.61. The van der Waals surface area contributed by atoms with Gasteiger partial charge < -0.3 is 5.73 Å². The second kappa shape index (κ2) is 2.30. The molecule has 2 rings (SSSR count). The van der Waals surface area contributed by atoms with E-state index >= 15 is 0 Å². The van der Waals surface area contributed by atoms with Gasteiger partial charge in [-0.1, -0.05) is 24.3 Å². The monoisotopic (exact) mass is 165 g/mol. The Morgan fingerprint density at radius 3 is 2.58 bits per heavy atom. The predicted octanol–water partition coefficient (Wildman–Crippen LogP) is 1.89. The van der Waals surface area contributed by atoms with Gasteiger partial charge in [0.15, 0.2) is 5.67 Å². The van der Waals surface area contributed by atoms with Crippen LogP contribution in [0.15, 0.2) is 24.3 Å². The molecule has 0 radical (unpaired) electrons. The lowest BCUT2D eigenvalue weighted by Crippen LogP contribution is -2.14. The van der Waals surface area contributed by atoms with Gasteiger partial charge in [-0.15, -0.1) is 0 Å². The number of nitrogens with two attached hydrogens (primary N) is 1. The van der Waals surface area contributed by atoms with Crippen molar-refractivity contribution >= 4 is 0 Å². The molecule has 0 saturated heterocycles. The molecule has 1 aliphatic rings. The van der Waals surface area contributed by atoms with Crippen molar-refractivity contribution in [1.82, 2.24) is 0 Å². The van der Waals surface area contributed by atoms with Crippen LogP contribution in [0, 0.1) is 6.92 Å². The van der Waals surface area contributed by atoms with Gasteiger partial charge in [-0.05, 0) is 18.1 Å². The van der Waals surface area contributed by atoms with E-state index < -0.39 is 5.67 Å². The summed E-state index contributed by atoms with van der Waals surface area (Å²) < 4.78 is 13.8. The Balaban J connectivity index is 2.41. The fourth-order valence-corrected chi connectivity index (χ4v) is 1.61. The zero-order valence-electron chi connectivity index (χ0n) is 7.05. The third-order valence-electron chi connectivity index (χ3n) is 2.54. The predicted molar refractivity (Wildman–Crippen MR) is 46.6 cm³/mol. The molecule has 1 nitrogen and oxygen atoms in total. The van der Waals surface area contributed by atoms with E-state index in [1.54, 1.807) is 0 Å². The summed E-state index contributed by atoms with van der Waals surface area (Å²) in [4.78, 5) is 0. The second-order valence-corrected chi connectivity index (χ2v) is 3.49. The van der Waals surface area contributed by atoms with Gasteiger partial charge in [0.1, 0.15) is 0 Å². The van der Waals surface area contributed by atoms with Gasteiger partial charge in [0.25, 0.3) is 0 Å². The highest BCUT2D eigenvalue weighted by atomic mass is 19.1. The van der Waals surface area contributed by atoms with Crippen LogP contribution in [0.5, 0.6) is 0 Å². The number of hydrogen-bond donors (Lipinski definition) is 1. The maximum atomic E-state index is 13.8. The minimum absolute atomic E-state index is 0.293. The number of benzene rings is 1. The van der Waals surface area contributed by atoms with Crippen LogP contribution in [0.2, 0.25) is 0 Å². The molecule has 1 aliphatic carbocycles. The van der Waals surface area contributed by atoms with E-state index in [1.165, 1.54) is 0 Å². The van der Waals surface area contributed by atoms with Gasteiger partial charge in [0, 0.05) is 12.5 Å². The molecule has 0 bridgehead atoms. The van der Waals surface area contributed by atoms with Crippen LogP contribution in [0.25, 0.3) is 0 Å². The number of alkyl halides is 1. The first-order chi connectivity index (χ1) is 5.64. The molecule has 0 amide bonds. The molecule has 2 heteroatoms. The van der Waals surface area contributed by atoms with Crippen LogP contribution in [-0.4, -0.2) is 6.04 Å². The first-order valence-corrected chi connectivity index (χ1v) is 4.15. The zero-order valence-corrected chi connectivity index (χ0v) is 7.05. The smallest absolute Gasteiger partial charge is 0.152 e. The highest BCUT2D eigenvalue weighted by Gasteiger charge is 2.55. The van der Waals surface area contributed by atoms with E-state index in [-0.39, 0.29) is 6.04 Å². The molecule has 0 unspecified atom stereocenters. The van der Waals surface area contributed by atoms with Gasteiger partial charge >= 0.3 is 0 Å². The third kappa shape index (κ3) is 0.950. The lowest BCUT2D eigenvalue weighted by molar-refractivity contribution is 0.305. The number of rotatable bonds is 1.